The molecular weight excluding hydrogens is 468 g/mol. The van der Waals surface area contributed by atoms with E-state index in [9.17, 15) is 14.7 Å². The van der Waals surface area contributed by atoms with Crippen LogP contribution in [0.4, 0.5) is 4.79 Å². The molecule has 7 nitrogen and oxygen atoms in total. The van der Waals surface area contributed by atoms with E-state index in [-0.39, 0.29) is 12.6 Å². The minimum Gasteiger partial charge on any atom is -0.481 e. The van der Waals surface area contributed by atoms with Crippen molar-refractivity contribution in [2.45, 2.75) is 44.8 Å². The fourth-order valence-electron chi connectivity index (χ4n) is 4.51. The molecule has 1 aliphatic carbocycles. The third kappa shape index (κ3) is 4.98. The van der Waals surface area contributed by atoms with Gasteiger partial charge in [-0.3, -0.25) is 4.79 Å². The van der Waals surface area contributed by atoms with Crippen molar-refractivity contribution < 1.29 is 24.0 Å². The molecule has 1 saturated carbocycles. The Morgan fingerprint density at radius 1 is 0.973 bits per heavy atom. The summed E-state index contributed by atoms with van der Waals surface area (Å²) >= 11 is 0. The van der Waals surface area contributed by atoms with Crippen molar-refractivity contribution >= 4 is 12.1 Å². The molecule has 1 atom stereocenters. The monoisotopic (exact) mass is 496 g/mol. The zero-order valence-corrected chi connectivity index (χ0v) is 20.7. The van der Waals surface area contributed by atoms with Crippen LogP contribution in [0.1, 0.15) is 48.2 Å². The number of amides is 1. The van der Waals surface area contributed by atoms with Gasteiger partial charge in [0.05, 0.1) is 22.7 Å². The lowest BCUT2D eigenvalue weighted by molar-refractivity contribution is -0.140. The molecule has 3 aromatic carbocycles. The molecule has 1 amide bonds. The number of carboxylic acid groups (broad SMARTS) is 1. The molecule has 0 aliphatic heterocycles. The number of hydrogen-bond acceptors (Lipinski definition) is 5. The molecule has 1 heterocycles. The number of carbonyl (C=O) groups excluding carboxylic acids is 1. The summed E-state index contributed by atoms with van der Waals surface area (Å²) in [5.41, 5.74) is 5.32. The zero-order chi connectivity index (χ0) is 26.0. The lowest BCUT2D eigenvalue weighted by Gasteiger charge is -2.14. The van der Waals surface area contributed by atoms with Gasteiger partial charge in [-0.05, 0) is 48.9 Å². The van der Waals surface area contributed by atoms with Crippen LogP contribution in [-0.4, -0.2) is 22.3 Å². The highest BCUT2D eigenvalue weighted by Gasteiger charge is 2.51. The summed E-state index contributed by atoms with van der Waals surface area (Å²) in [6.07, 6.45) is 0.858. The van der Waals surface area contributed by atoms with E-state index < -0.39 is 17.5 Å². The summed E-state index contributed by atoms with van der Waals surface area (Å²) in [4.78, 5) is 24.0. The van der Waals surface area contributed by atoms with Gasteiger partial charge in [-0.1, -0.05) is 84.0 Å². The van der Waals surface area contributed by atoms with Crippen molar-refractivity contribution in [2.24, 2.45) is 0 Å². The lowest BCUT2D eigenvalue weighted by Crippen LogP contribution is -2.27. The Morgan fingerprint density at radius 3 is 2.16 bits per heavy atom. The Hall–Kier alpha value is -4.39. The van der Waals surface area contributed by atoms with Crippen LogP contribution in [0.5, 0.6) is 0 Å². The van der Waals surface area contributed by atoms with Gasteiger partial charge in [0.15, 0.2) is 5.76 Å². The molecule has 37 heavy (non-hydrogen) atoms. The topological polar surface area (TPSA) is 102 Å². The molecule has 4 aromatic rings. The molecule has 1 unspecified atom stereocenters. The van der Waals surface area contributed by atoms with Gasteiger partial charge in [-0.15, -0.1) is 0 Å². The first-order chi connectivity index (χ1) is 17.9. The molecule has 188 valence electrons. The van der Waals surface area contributed by atoms with Crippen LogP contribution in [0.15, 0.2) is 83.4 Å². The second-order valence-corrected chi connectivity index (χ2v) is 9.47. The fraction of sp³-hybridized carbons (Fsp3) is 0.233. The molecule has 0 radical (unpaired) electrons. The third-order valence-electron chi connectivity index (χ3n) is 7.04. The van der Waals surface area contributed by atoms with E-state index in [2.05, 4.69) is 10.5 Å². The maximum atomic E-state index is 12.4. The summed E-state index contributed by atoms with van der Waals surface area (Å²) < 4.78 is 11.1. The van der Waals surface area contributed by atoms with Crippen LogP contribution in [0.2, 0.25) is 0 Å². The Labute approximate surface area is 215 Å². The van der Waals surface area contributed by atoms with E-state index in [0.29, 0.717) is 29.9 Å². The minimum atomic E-state index is -0.755. The second kappa shape index (κ2) is 9.93. The summed E-state index contributed by atoms with van der Waals surface area (Å²) in [5, 5.41) is 16.4. The average molecular weight is 497 g/mol. The van der Waals surface area contributed by atoms with Gasteiger partial charge in [0, 0.05) is 5.56 Å². The van der Waals surface area contributed by atoms with E-state index in [1.54, 1.807) is 0 Å². The highest BCUT2D eigenvalue weighted by atomic mass is 16.5. The largest absolute Gasteiger partial charge is 0.481 e. The summed E-state index contributed by atoms with van der Waals surface area (Å²) in [6.45, 7) is 3.75. The van der Waals surface area contributed by atoms with E-state index >= 15 is 0 Å². The number of nitrogens with zero attached hydrogens (tertiary/aromatic N) is 1. The van der Waals surface area contributed by atoms with Crippen molar-refractivity contribution in [3.63, 3.8) is 0 Å². The first-order valence-electron chi connectivity index (χ1n) is 12.3. The maximum absolute atomic E-state index is 12.4. The van der Waals surface area contributed by atoms with E-state index in [1.807, 2.05) is 92.7 Å². The number of nitrogens with one attached hydrogen (secondary N) is 1. The molecule has 7 heteroatoms. The van der Waals surface area contributed by atoms with Gasteiger partial charge in [0.1, 0.15) is 6.61 Å². The number of ether oxygens (including phenoxy) is 1. The van der Waals surface area contributed by atoms with Crippen molar-refractivity contribution in [1.29, 1.82) is 0 Å². The third-order valence-corrected chi connectivity index (χ3v) is 7.04. The number of aromatic nitrogens is 1. The van der Waals surface area contributed by atoms with Crippen LogP contribution >= 0.6 is 0 Å². The highest BCUT2D eigenvalue weighted by molar-refractivity contribution is 5.85. The Balaban J connectivity index is 1.25. The average Bonchev–Trinajstić information content (AvgIpc) is 3.66. The highest BCUT2D eigenvalue weighted by Crippen LogP contribution is 2.48. The molecule has 0 saturated heterocycles. The van der Waals surface area contributed by atoms with Gasteiger partial charge >= 0.3 is 12.1 Å². The Bertz CT molecular complexity index is 1400. The predicted octanol–water partition coefficient (Wildman–Crippen LogP) is 6.42. The van der Waals surface area contributed by atoms with Crippen LogP contribution in [-0.2, 0) is 21.6 Å². The van der Waals surface area contributed by atoms with E-state index in [4.69, 9.17) is 9.26 Å². The first-order valence-corrected chi connectivity index (χ1v) is 12.3. The van der Waals surface area contributed by atoms with Crippen molar-refractivity contribution in [3.05, 3.63) is 101 Å². The molecular formula is C30H28N2O5. The summed E-state index contributed by atoms with van der Waals surface area (Å²) in [6, 6.07) is 25.0. The Kier molecular flexibility index (Phi) is 6.53. The smallest absolute Gasteiger partial charge is 0.407 e. The van der Waals surface area contributed by atoms with E-state index in [0.717, 1.165) is 27.8 Å². The molecule has 2 N–H and O–H groups in total. The number of hydrogen-bond donors (Lipinski definition) is 2. The minimum absolute atomic E-state index is 0.0343. The van der Waals surface area contributed by atoms with Crippen LogP contribution in [0, 0.1) is 6.92 Å². The number of aryl methyl sites for hydroxylation is 1. The molecule has 0 bridgehead atoms. The normalized spacial score (nSPS) is 14.5. The van der Waals surface area contributed by atoms with Gasteiger partial charge in [-0.2, -0.15) is 0 Å². The number of aliphatic carboxylic acids is 1. The maximum Gasteiger partial charge on any atom is 0.407 e. The number of carboxylic acids is 1. The molecule has 1 aromatic heterocycles. The lowest BCUT2D eigenvalue weighted by atomic mass is 9.93. The SMILES string of the molecule is Cc1noc(-c2ccc(-c3ccc(C4(C(=O)O)CC4)cc3)cc2)c1COC(=O)NC(C)c1ccccc1. The molecule has 5 rings (SSSR count). The number of carbonyl (C=O) groups is 2. The zero-order valence-electron chi connectivity index (χ0n) is 20.7. The van der Waals surface area contributed by atoms with Crippen molar-refractivity contribution in [1.82, 2.24) is 10.5 Å². The number of alkyl carbamates (subject to hydrolysis) is 1. The van der Waals surface area contributed by atoms with Crippen LogP contribution in [0.3, 0.4) is 0 Å². The standard InChI is InChI=1S/C30H28N2O5/c1-19(21-6-4-3-5-7-21)31-29(35)36-18-26-20(2)32-37-27(26)24-10-8-22(9-11-24)23-12-14-25(15-13-23)30(16-17-30)28(33)34/h3-15,19H,16-18H2,1-2H3,(H,31,35)(H,33,34). The van der Waals surface area contributed by atoms with Crippen LogP contribution < -0.4 is 5.32 Å². The molecule has 0 spiro atoms. The second-order valence-electron chi connectivity index (χ2n) is 9.47. The van der Waals surface area contributed by atoms with Gasteiger partial charge < -0.3 is 19.7 Å². The van der Waals surface area contributed by atoms with Crippen molar-refractivity contribution in [2.75, 3.05) is 0 Å². The summed E-state index contributed by atoms with van der Waals surface area (Å²) in [5.74, 6) is -0.199. The quantitative estimate of drug-likeness (QED) is 0.292. The Morgan fingerprint density at radius 2 is 1.57 bits per heavy atom. The fourth-order valence-corrected chi connectivity index (χ4v) is 4.51. The number of rotatable bonds is 8. The molecule has 1 aliphatic rings. The number of benzene rings is 3. The summed E-state index contributed by atoms with van der Waals surface area (Å²) in [7, 11) is 0. The van der Waals surface area contributed by atoms with Gasteiger partial charge in [0.25, 0.3) is 0 Å². The first kappa shape index (κ1) is 24.3. The van der Waals surface area contributed by atoms with Gasteiger partial charge in [0.2, 0.25) is 0 Å². The van der Waals surface area contributed by atoms with E-state index in [1.165, 1.54) is 0 Å². The van der Waals surface area contributed by atoms with Crippen LogP contribution in [0.25, 0.3) is 22.5 Å². The van der Waals surface area contributed by atoms with Crippen molar-refractivity contribution in [3.8, 4) is 22.5 Å². The predicted molar refractivity (Wildman–Crippen MR) is 139 cm³/mol. The van der Waals surface area contributed by atoms with Gasteiger partial charge in [-0.25, -0.2) is 4.79 Å². The molecule has 1 fully saturated rings.